The smallest absolute Gasteiger partial charge is 0.1000 e. The van der Waals surface area contributed by atoms with Crippen molar-refractivity contribution >= 4 is 16.8 Å². The van der Waals surface area contributed by atoms with Gasteiger partial charge >= 0.3 is 0 Å². The molecule has 1 heterocycles. The van der Waals surface area contributed by atoms with Crippen LogP contribution >= 0.6 is 0 Å². The van der Waals surface area contributed by atoms with Gasteiger partial charge in [-0.15, -0.1) is 0 Å². The highest BCUT2D eigenvalue weighted by atomic mass is 16.5. The second kappa shape index (κ2) is 7.65. The SMILES string of the molecule is CCN(CC)CCOC=Cc1ccc2ccncc2c1. The lowest BCUT2D eigenvalue weighted by Gasteiger charge is -2.16. The molecule has 0 aliphatic carbocycles. The predicted octanol–water partition coefficient (Wildman–Crippen LogP) is 3.56. The van der Waals surface area contributed by atoms with Crippen molar-refractivity contribution in [2.24, 2.45) is 0 Å². The number of benzene rings is 1. The van der Waals surface area contributed by atoms with E-state index in [9.17, 15) is 0 Å². The number of fused-ring (bicyclic) bond motifs is 1. The van der Waals surface area contributed by atoms with Crippen molar-refractivity contribution in [2.45, 2.75) is 13.8 Å². The summed E-state index contributed by atoms with van der Waals surface area (Å²) in [6.07, 6.45) is 7.47. The van der Waals surface area contributed by atoms with Gasteiger partial charge in [0.25, 0.3) is 0 Å². The maximum atomic E-state index is 5.55. The highest BCUT2D eigenvalue weighted by molar-refractivity contribution is 5.83. The topological polar surface area (TPSA) is 25.4 Å². The van der Waals surface area contributed by atoms with Crippen LogP contribution in [0.15, 0.2) is 42.9 Å². The third-order valence-corrected chi connectivity index (χ3v) is 3.44. The van der Waals surface area contributed by atoms with Crippen molar-refractivity contribution in [1.29, 1.82) is 0 Å². The number of hydrogen-bond acceptors (Lipinski definition) is 3. The Morgan fingerprint density at radius 3 is 2.80 bits per heavy atom. The van der Waals surface area contributed by atoms with Gasteiger partial charge < -0.3 is 9.64 Å². The molecule has 1 aromatic carbocycles. The number of ether oxygens (including phenoxy) is 1. The van der Waals surface area contributed by atoms with Crippen LogP contribution in [0, 0.1) is 0 Å². The highest BCUT2D eigenvalue weighted by Crippen LogP contribution is 2.15. The number of aromatic nitrogens is 1. The molecule has 0 saturated heterocycles. The average molecular weight is 270 g/mol. The molecule has 2 aromatic rings. The zero-order valence-corrected chi connectivity index (χ0v) is 12.2. The molecule has 0 spiro atoms. The summed E-state index contributed by atoms with van der Waals surface area (Å²) in [6.45, 7) is 8.18. The van der Waals surface area contributed by atoms with E-state index in [1.165, 1.54) is 5.39 Å². The minimum Gasteiger partial charge on any atom is -0.500 e. The van der Waals surface area contributed by atoms with E-state index in [1.807, 2.05) is 24.5 Å². The molecule has 0 bridgehead atoms. The Kier molecular flexibility index (Phi) is 5.56. The standard InChI is InChI=1S/C17H22N2O/c1-3-19(4-2)10-12-20-11-8-15-5-6-16-7-9-18-14-17(16)13-15/h5-9,11,13-14H,3-4,10,12H2,1-2H3. The van der Waals surface area contributed by atoms with Gasteiger partial charge in [0.05, 0.1) is 12.9 Å². The summed E-state index contributed by atoms with van der Waals surface area (Å²) >= 11 is 0. The van der Waals surface area contributed by atoms with E-state index < -0.39 is 0 Å². The number of rotatable bonds is 7. The van der Waals surface area contributed by atoms with Crippen LogP contribution in [-0.4, -0.2) is 36.1 Å². The summed E-state index contributed by atoms with van der Waals surface area (Å²) in [4.78, 5) is 6.48. The van der Waals surface area contributed by atoms with Crippen LogP contribution in [0.2, 0.25) is 0 Å². The summed E-state index contributed by atoms with van der Waals surface area (Å²) in [7, 11) is 0. The lowest BCUT2D eigenvalue weighted by molar-refractivity contribution is 0.188. The molecule has 2 rings (SSSR count). The Bertz CT molecular complexity index is 562. The van der Waals surface area contributed by atoms with Crippen molar-refractivity contribution in [2.75, 3.05) is 26.2 Å². The van der Waals surface area contributed by atoms with Gasteiger partial charge in [0.2, 0.25) is 0 Å². The van der Waals surface area contributed by atoms with E-state index in [-0.39, 0.29) is 0 Å². The first-order valence-corrected chi connectivity index (χ1v) is 7.17. The van der Waals surface area contributed by atoms with Crippen molar-refractivity contribution < 1.29 is 4.74 Å². The molecule has 0 fully saturated rings. The first kappa shape index (κ1) is 14.5. The minimum absolute atomic E-state index is 0.729. The summed E-state index contributed by atoms with van der Waals surface area (Å²) in [5.74, 6) is 0. The van der Waals surface area contributed by atoms with Crippen molar-refractivity contribution in [3.8, 4) is 0 Å². The highest BCUT2D eigenvalue weighted by Gasteiger charge is 1.97. The fraction of sp³-hybridized carbons (Fsp3) is 0.353. The Morgan fingerprint density at radius 1 is 1.15 bits per heavy atom. The van der Waals surface area contributed by atoms with Crippen molar-refractivity contribution in [3.05, 3.63) is 48.5 Å². The van der Waals surface area contributed by atoms with Gasteiger partial charge in [0.1, 0.15) is 0 Å². The maximum Gasteiger partial charge on any atom is 0.1000 e. The maximum absolute atomic E-state index is 5.55. The number of likely N-dealkylation sites (N-methyl/N-ethyl adjacent to an activating group) is 1. The van der Waals surface area contributed by atoms with Crippen LogP contribution in [0.3, 0.4) is 0 Å². The van der Waals surface area contributed by atoms with E-state index in [2.05, 4.69) is 41.9 Å². The molecule has 0 N–H and O–H groups in total. The zero-order chi connectivity index (χ0) is 14.2. The monoisotopic (exact) mass is 270 g/mol. The third-order valence-electron chi connectivity index (χ3n) is 3.44. The van der Waals surface area contributed by atoms with E-state index in [0.717, 1.165) is 37.2 Å². The van der Waals surface area contributed by atoms with Crippen LogP contribution in [0.4, 0.5) is 0 Å². The van der Waals surface area contributed by atoms with Gasteiger partial charge in [0, 0.05) is 24.3 Å². The van der Waals surface area contributed by atoms with Crippen molar-refractivity contribution in [1.82, 2.24) is 9.88 Å². The predicted molar refractivity (Wildman–Crippen MR) is 84.5 cm³/mol. The molecule has 20 heavy (non-hydrogen) atoms. The quantitative estimate of drug-likeness (QED) is 0.568. The van der Waals surface area contributed by atoms with E-state index in [0.29, 0.717) is 0 Å². The fourth-order valence-corrected chi connectivity index (χ4v) is 2.12. The second-order valence-electron chi connectivity index (χ2n) is 4.68. The first-order chi connectivity index (χ1) is 9.83. The van der Waals surface area contributed by atoms with Crippen LogP contribution in [0.5, 0.6) is 0 Å². The fourth-order valence-electron chi connectivity index (χ4n) is 2.12. The van der Waals surface area contributed by atoms with Crippen molar-refractivity contribution in [3.63, 3.8) is 0 Å². The Hall–Kier alpha value is -1.87. The molecule has 0 atom stereocenters. The van der Waals surface area contributed by atoms with Crippen LogP contribution in [-0.2, 0) is 4.74 Å². The molecule has 0 saturated carbocycles. The summed E-state index contributed by atoms with van der Waals surface area (Å²) in [6, 6.07) is 8.33. The molecular weight excluding hydrogens is 248 g/mol. The Morgan fingerprint density at radius 2 is 2.00 bits per heavy atom. The molecule has 0 unspecified atom stereocenters. The summed E-state index contributed by atoms with van der Waals surface area (Å²) < 4.78 is 5.55. The zero-order valence-electron chi connectivity index (χ0n) is 12.2. The molecule has 0 amide bonds. The molecule has 0 radical (unpaired) electrons. The largest absolute Gasteiger partial charge is 0.500 e. The lowest BCUT2D eigenvalue weighted by atomic mass is 10.1. The lowest BCUT2D eigenvalue weighted by Crippen LogP contribution is -2.26. The van der Waals surface area contributed by atoms with Crippen LogP contribution < -0.4 is 0 Å². The van der Waals surface area contributed by atoms with Gasteiger partial charge in [-0.1, -0.05) is 26.0 Å². The molecule has 3 nitrogen and oxygen atoms in total. The van der Waals surface area contributed by atoms with Gasteiger partial charge in [-0.25, -0.2) is 0 Å². The molecule has 106 valence electrons. The van der Waals surface area contributed by atoms with Gasteiger partial charge in [0.15, 0.2) is 0 Å². The molecule has 1 aromatic heterocycles. The number of pyridine rings is 1. The van der Waals surface area contributed by atoms with Gasteiger partial charge in [-0.3, -0.25) is 4.98 Å². The Labute approximate surface area is 120 Å². The second-order valence-corrected chi connectivity index (χ2v) is 4.68. The first-order valence-electron chi connectivity index (χ1n) is 7.17. The molecule has 0 aliphatic rings. The van der Waals surface area contributed by atoms with Crippen LogP contribution in [0.25, 0.3) is 16.8 Å². The van der Waals surface area contributed by atoms with E-state index in [4.69, 9.17) is 4.74 Å². The summed E-state index contributed by atoms with van der Waals surface area (Å²) in [5.41, 5.74) is 1.13. The van der Waals surface area contributed by atoms with Gasteiger partial charge in [-0.05, 0) is 42.2 Å². The van der Waals surface area contributed by atoms with Gasteiger partial charge in [-0.2, -0.15) is 0 Å². The van der Waals surface area contributed by atoms with Crippen LogP contribution in [0.1, 0.15) is 19.4 Å². The average Bonchev–Trinajstić information content (AvgIpc) is 2.51. The molecule has 0 aliphatic heterocycles. The number of hydrogen-bond donors (Lipinski definition) is 0. The third kappa shape index (κ3) is 4.07. The Balaban J connectivity index is 1.86. The molecular formula is C17H22N2O. The van der Waals surface area contributed by atoms with E-state index >= 15 is 0 Å². The normalized spacial score (nSPS) is 11.6. The summed E-state index contributed by atoms with van der Waals surface area (Å²) in [5, 5.41) is 2.36. The van der Waals surface area contributed by atoms with E-state index in [1.54, 1.807) is 6.26 Å². The molecule has 3 heteroatoms. The number of nitrogens with zero attached hydrogens (tertiary/aromatic N) is 2. The minimum atomic E-state index is 0.729.